The normalized spacial score (nSPS) is 10.9. The number of fused-ring (bicyclic) bond motifs is 1. The number of thioether (sulfide) groups is 2. The van der Waals surface area contributed by atoms with E-state index in [9.17, 15) is 14.4 Å². The summed E-state index contributed by atoms with van der Waals surface area (Å²) in [4.78, 5) is 42.0. The summed E-state index contributed by atoms with van der Waals surface area (Å²) in [7, 11) is 0. The van der Waals surface area contributed by atoms with Gasteiger partial charge in [0.15, 0.2) is 14.5 Å². The Morgan fingerprint density at radius 2 is 1.59 bits per heavy atom. The molecule has 0 spiro atoms. The number of anilines is 2. The highest BCUT2D eigenvalue weighted by Crippen LogP contribution is 2.32. The molecule has 0 bridgehead atoms. The largest absolute Gasteiger partial charge is 0.322 e. The van der Waals surface area contributed by atoms with Crippen LogP contribution in [-0.4, -0.2) is 44.3 Å². The molecule has 2 aromatic heterocycles. The van der Waals surface area contributed by atoms with Crippen LogP contribution >= 0.6 is 46.2 Å². The van der Waals surface area contributed by atoms with E-state index in [4.69, 9.17) is 0 Å². The van der Waals surface area contributed by atoms with E-state index in [0.29, 0.717) is 26.3 Å². The number of hydrogen-bond donors (Lipinski definition) is 2. The third-order valence-corrected chi connectivity index (χ3v) is 9.55. The SMILES string of the molecule is Cc1ccccc1C(=O)Nc1ccc2nc(SCC(=O)Nc3nnc(SCC(=O)c4ccccc4)s3)sc2c1. The fourth-order valence-corrected chi connectivity index (χ4v) is 7.08. The van der Waals surface area contributed by atoms with Crippen molar-refractivity contribution in [3.63, 3.8) is 0 Å². The lowest BCUT2D eigenvalue weighted by molar-refractivity contribution is -0.113. The lowest BCUT2D eigenvalue weighted by atomic mass is 10.1. The lowest BCUT2D eigenvalue weighted by Crippen LogP contribution is -2.13. The molecule has 2 amide bonds. The van der Waals surface area contributed by atoms with Crippen molar-refractivity contribution >= 4 is 84.8 Å². The third kappa shape index (κ3) is 7.09. The minimum atomic E-state index is -0.224. The number of carbonyl (C=O) groups excluding carboxylic acids is 3. The first-order valence-corrected chi connectivity index (χ1v) is 15.3. The molecular formula is C27H21N5O3S4. The van der Waals surface area contributed by atoms with E-state index >= 15 is 0 Å². The van der Waals surface area contributed by atoms with Gasteiger partial charge in [-0.15, -0.1) is 21.5 Å². The summed E-state index contributed by atoms with van der Waals surface area (Å²) in [6.07, 6.45) is 0. The second-order valence-corrected chi connectivity index (χ2v) is 12.7. The van der Waals surface area contributed by atoms with E-state index < -0.39 is 0 Å². The molecule has 0 saturated heterocycles. The van der Waals surface area contributed by atoms with Gasteiger partial charge in [0.05, 0.1) is 21.7 Å². The molecule has 0 aliphatic rings. The fourth-order valence-electron chi connectivity index (χ4n) is 3.50. The maximum Gasteiger partial charge on any atom is 0.255 e. The van der Waals surface area contributed by atoms with Crippen LogP contribution < -0.4 is 10.6 Å². The van der Waals surface area contributed by atoms with Crippen LogP contribution in [0.1, 0.15) is 26.3 Å². The molecule has 12 heteroatoms. The fraction of sp³-hybridized carbons (Fsp3) is 0.111. The highest BCUT2D eigenvalue weighted by molar-refractivity contribution is 8.02. The molecule has 39 heavy (non-hydrogen) atoms. The van der Waals surface area contributed by atoms with E-state index in [2.05, 4.69) is 25.8 Å². The summed E-state index contributed by atoms with van der Waals surface area (Å²) < 4.78 is 2.27. The molecule has 196 valence electrons. The van der Waals surface area contributed by atoms with Crippen molar-refractivity contribution < 1.29 is 14.4 Å². The number of Topliss-reactive ketones (excluding diaryl/α,β-unsaturated/α-hetero) is 1. The monoisotopic (exact) mass is 591 g/mol. The van der Waals surface area contributed by atoms with Gasteiger partial charge in [-0.3, -0.25) is 19.7 Å². The number of carbonyl (C=O) groups is 3. The Labute approximate surface area is 240 Å². The first-order chi connectivity index (χ1) is 18.9. The molecule has 8 nitrogen and oxygen atoms in total. The van der Waals surface area contributed by atoms with Gasteiger partial charge in [-0.05, 0) is 36.8 Å². The van der Waals surface area contributed by atoms with Crippen molar-refractivity contribution in [1.29, 1.82) is 0 Å². The molecule has 0 aliphatic heterocycles. The van der Waals surface area contributed by atoms with Crippen LogP contribution in [0.25, 0.3) is 10.2 Å². The van der Waals surface area contributed by atoms with Gasteiger partial charge in [0.2, 0.25) is 11.0 Å². The number of nitrogens with one attached hydrogen (secondary N) is 2. The van der Waals surface area contributed by atoms with E-state index in [1.807, 2.05) is 61.5 Å². The van der Waals surface area contributed by atoms with Gasteiger partial charge in [0, 0.05) is 16.8 Å². The molecule has 2 N–H and O–H groups in total. The minimum absolute atomic E-state index is 0.00872. The molecule has 0 unspecified atom stereocenters. The molecule has 0 saturated carbocycles. The minimum Gasteiger partial charge on any atom is -0.322 e. The first kappa shape index (κ1) is 27.0. The van der Waals surface area contributed by atoms with Crippen molar-refractivity contribution in [2.75, 3.05) is 22.1 Å². The Bertz CT molecular complexity index is 1650. The summed E-state index contributed by atoms with van der Waals surface area (Å²) in [5, 5.41) is 14.1. The molecular weight excluding hydrogens is 571 g/mol. The number of aryl methyl sites for hydroxylation is 1. The van der Waals surface area contributed by atoms with Crippen LogP contribution in [0, 0.1) is 6.92 Å². The van der Waals surface area contributed by atoms with E-state index in [1.165, 1.54) is 46.2 Å². The highest BCUT2D eigenvalue weighted by atomic mass is 32.2. The Morgan fingerprint density at radius 1 is 0.821 bits per heavy atom. The van der Waals surface area contributed by atoms with Gasteiger partial charge in [-0.2, -0.15) is 0 Å². The zero-order chi connectivity index (χ0) is 27.2. The van der Waals surface area contributed by atoms with Crippen LogP contribution in [0.15, 0.2) is 81.5 Å². The lowest BCUT2D eigenvalue weighted by Gasteiger charge is -2.07. The Kier molecular flexibility index (Phi) is 8.67. The Hall–Kier alpha value is -3.58. The maximum atomic E-state index is 12.6. The molecule has 3 aromatic carbocycles. The van der Waals surface area contributed by atoms with Gasteiger partial charge in [-0.25, -0.2) is 4.98 Å². The average molecular weight is 592 g/mol. The third-order valence-electron chi connectivity index (χ3n) is 5.42. The molecule has 0 radical (unpaired) electrons. The molecule has 5 aromatic rings. The maximum absolute atomic E-state index is 12.6. The van der Waals surface area contributed by atoms with Crippen LogP contribution in [-0.2, 0) is 4.79 Å². The molecule has 0 atom stereocenters. The van der Waals surface area contributed by atoms with E-state index in [-0.39, 0.29) is 29.1 Å². The highest BCUT2D eigenvalue weighted by Gasteiger charge is 2.14. The zero-order valence-corrected chi connectivity index (χ0v) is 23.8. The predicted molar refractivity (Wildman–Crippen MR) is 160 cm³/mol. The Morgan fingerprint density at radius 3 is 2.41 bits per heavy atom. The topological polar surface area (TPSA) is 114 Å². The van der Waals surface area contributed by atoms with Crippen LogP contribution in [0.2, 0.25) is 0 Å². The predicted octanol–water partition coefficient (Wildman–Crippen LogP) is 6.41. The van der Waals surface area contributed by atoms with Crippen LogP contribution in [0.4, 0.5) is 10.8 Å². The molecule has 0 aliphatic carbocycles. The van der Waals surface area contributed by atoms with Crippen molar-refractivity contribution in [2.45, 2.75) is 15.6 Å². The number of amides is 2. The Balaban J connectivity index is 1.12. The number of hydrogen-bond acceptors (Lipinski definition) is 10. The van der Waals surface area contributed by atoms with Gasteiger partial charge in [-0.1, -0.05) is 83.4 Å². The summed E-state index contributed by atoms with van der Waals surface area (Å²) >= 11 is 5.30. The first-order valence-electron chi connectivity index (χ1n) is 11.7. The summed E-state index contributed by atoms with van der Waals surface area (Å²) in [6.45, 7) is 1.90. The van der Waals surface area contributed by atoms with E-state index in [1.54, 1.807) is 18.2 Å². The van der Waals surface area contributed by atoms with Crippen molar-refractivity contribution in [1.82, 2.24) is 15.2 Å². The zero-order valence-electron chi connectivity index (χ0n) is 20.5. The van der Waals surface area contributed by atoms with Crippen LogP contribution in [0.3, 0.4) is 0 Å². The quantitative estimate of drug-likeness (QED) is 0.109. The van der Waals surface area contributed by atoms with E-state index in [0.717, 1.165) is 20.1 Å². The summed E-state index contributed by atoms with van der Waals surface area (Å²) in [5.41, 5.74) is 3.67. The summed E-state index contributed by atoms with van der Waals surface area (Å²) in [5.74, 6) is 0.0277. The van der Waals surface area contributed by atoms with Gasteiger partial charge in [0.1, 0.15) is 0 Å². The number of nitrogens with zero attached hydrogens (tertiary/aromatic N) is 3. The number of thiazole rings is 1. The average Bonchev–Trinajstić information content (AvgIpc) is 3.57. The second kappa shape index (κ2) is 12.5. The van der Waals surface area contributed by atoms with Crippen LogP contribution in [0.5, 0.6) is 0 Å². The second-order valence-electron chi connectivity index (χ2n) is 8.22. The van der Waals surface area contributed by atoms with Crippen molar-refractivity contribution in [2.24, 2.45) is 0 Å². The smallest absolute Gasteiger partial charge is 0.255 e. The number of ketones is 1. The summed E-state index contributed by atoms with van der Waals surface area (Å²) in [6, 6.07) is 22.1. The number of aromatic nitrogens is 3. The van der Waals surface area contributed by atoms with Crippen molar-refractivity contribution in [3.05, 3.63) is 89.5 Å². The number of rotatable bonds is 10. The van der Waals surface area contributed by atoms with Crippen molar-refractivity contribution in [3.8, 4) is 0 Å². The number of benzene rings is 3. The van der Waals surface area contributed by atoms with Gasteiger partial charge >= 0.3 is 0 Å². The van der Waals surface area contributed by atoms with Gasteiger partial charge < -0.3 is 5.32 Å². The standard InChI is InChI=1S/C27H21N5O3S4/c1-16-7-5-6-10-19(16)24(35)28-18-11-12-20-22(13-18)38-26(29-20)37-15-23(34)30-25-31-32-27(39-25)36-14-21(33)17-8-3-2-4-9-17/h2-13H,14-15H2,1H3,(H,28,35)(H,30,31,34). The molecule has 2 heterocycles. The van der Waals surface area contributed by atoms with Gasteiger partial charge in [0.25, 0.3) is 5.91 Å². The molecule has 5 rings (SSSR count). The molecule has 0 fully saturated rings.